The predicted molar refractivity (Wildman–Crippen MR) is 136 cm³/mol. The molecule has 0 atom stereocenters. The minimum Gasteiger partial charge on any atom is -0.495 e. The van der Waals surface area contributed by atoms with Gasteiger partial charge < -0.3 is 9.47 Å². The molecule has 0 aliphatic carbocycles. The third-order valence-corrected chi connectivity index (χ3v) is 6.27. The van der Waals surface area contributed by atoms with Crippen molar-refractivity contribution < 1.29 is 9.47 Å². The number of aromatic nitrogens is 2. The van der Waals surface area contributed by atoms with Crippen LogP contribution in [0.15, 0.2) is 69.6 Å². The van der Waals surface area contributed by atoms with E-state index >= 15 is 0 Å². The number of methoxy groups -OCH3 is 2. The Bertz CT molecular complexity index is 1200. The molecule has 4 nitrogen and oxygen atoms in total. The SMILES string of the molecule is COc1c(Br)cc(C)cc1-c1cccc(-c2cccc(-c3cc(C)cc(Br)c3OC)n2)n1. The van der Waals surface area contributed by atoms with Crippen molar-refractivity contribution in [2.75, 3.05) is 14.2 Å². The molecule has 0 fully saturated rings. The highest BCUT2D eigenvalue weighted by atomic mass is 79.9. The van der Waals surface area contributed by atoms with Gasteiger partial charge in [0.15, 0.2) is 0 Å². The second-order valence-electron chi connectivity index (χ2n) is 7.47. The Morgan fingerprint density at radius 3 is 1.34 bits per heavy atom. The van der Waals surface area contributed by atoms with Crippen LogP contribution in [0.2, 0.25) is 0 Å². The molecule has 0 amide bonds. The quantitative estimate of drug-likeness (QED) is 0.255. The summed E-state index contributed by atoms with van der Waals surface area (Å²) in [5.74, 6) is 1.52. The lowest BCUT2D eigenvalue weighted by Crippen LogP contribution is -1.96. The number of hydrogen-bond acceptors (Lipinski definition) is 4. The Morgan fingerprint density at radius 1 is 0.594 bits per heavy atom. The van der Waals surface area contributed by atoms with Gasteiger partial charge >= 0.3 is 0 Å². The van der Waals surface area contributed by atoms with Crippen molar-refractivity contribution in [1.82, 2.24) is 9.97 Å². The summed E-state index contributed by atoms with van der Waals surface area (Å²) >= 11 is 7.20. The van der Waals surface area contributed by atoms with Crippen molar-refractivity contribution in [2.45, 2.75) is 13.8 Å². The van der Waals surface area contributed by atoms with E-state index in [0.717, 1.165) is 65.5 Å². The maximum atomic E-state index is 5.64. The molecule has 2 aromatic carbocycles. The van der Waals surface area contributed by atoms with Crippen LogP contribution in [0.25, 0.3) is 33.9 Å². The molecule has 2 aromatic heterocycles. The maximum absolute atomic E-state index is 5.64. The van der Waals surface area contributed by atoms with Gasteiger partial charge in [0, 0.05) is 11.1 Å². The van der Waals surface area contributed by atoms with Crippen LogP contribution in [0, 0.1) is 13.8 Å². The lowest BCUT2D eigenvalue weighted by Gasteiger charge is -2.13. The molecule has 32 heavy (non-hydrogen) atoms. The van der Waals surface area contributed by atoms with Gasteiger partial charge in [-0.15, -0.1) is 0 Å². The van der Waals surface area contributed by atoms with Crippen molar-refractivity contribution in [3.8, 4) is 45.4 Å². The van der Waals surface area contributed by atoms with Crippen LogP contribution in [0.5, 0.6) is 11.5 Å². The standard InChI is InChI=1S/C26H22Br2N2O2/c1-15-11-17(25(31-3)19(27)13-15)21-7-5-9-23(29-21)24-10-6-8-22(30-24)18-12-16(2)14-20(28)26(18)32-4/h5-14H,1-4H3. The minimum atomic E-state index is 0.760. The first-order chi connectivity index (χ1) is 15.4. The number of rotatable bonds is 5. The fourth-order valence-corrected chi connectivity index (χ4v) is 5.18. The summed E-state index contributed by atoms with van der Waals surface area (Å²) in [6.45, 7) is 4.10. The predicted octanol–water partition coefficient (Wildman–Crippen LogP) is 7.64. The number of nitrogens with zero attached hydrogens (tertiary/aromatic N) is 2. The minimum absolute atomic E-state index is 0.760. The van der Waals surface area contributed by atoms with Crippen LogP contribution < -0.4 is 9.47 Å². The van der Waals surface area contributed by atoms with Gasteiger partial charge in [0.2, 0.25) is 0 Å². The monoisotopic (exact) mass is 552 g/mol. The van der Waals surface area contributed by atoms with Gasteiger partial charge in [0.25, 0.3) is 0 Å². The summed E-state index contributed by atoms with van der Waals surface area (Å²) in [6.07, 6.45) is 0. The number of ether oxygens (including phenoxy) is 2. The molecule has 0 unspecified atom stereocenters. The molecule has 162 valence electrons. The number of aryl methyl sites for hydroxylation is 2. The summed E-state index contributed by atoms with van der Waals surface area (Å²) in [6, 6.07) is 20.1. The van der Waals surface area contributed by atoms with Crippen molar-refractivity contribution in [2.24, 2.45) is 0 Å². The highest BCUT2D eigenvalue weighted by Crippen LogP contribution is 2.39. The second kappa shape index (κ2) is 9.43. The van der Waals surface area contributed by atoms with Gasteiger partial charge in [-0.05, 0) is 105 Å². The number of benzene rings is 2. The second-order valence-corrected chi connectivity index (χ2v) is 9.18. The van der Waals surface area contributed by atoms with E-state index in [4.69, 9.17) is 19.4 Å². The first-order valence-electron chi connectivity index (χ1n) is 10.0. The van der Waals surface area contributed by atoms with E-state index in [2.05, 4.69) is 57.8 Å². The van der Waals surface area contributed by atoms with Gasteiger partial charge in [-0.25, -0.2) is 9.97 Å². The molecule has 0 bridgehead atoms. The van der Waals surface area contributed by atoms with Crippen LogP contribution in [0.3, 0.4) is 0 Å². The molecule has 0 aliphatic heterocycles. The molecule has 0 N–H and O–H groups in total. The van der Waals surface area contributed by atoms with Crippen molar-refractivity contribution >= 4 is 31.9 Å². The van der Waals surface area contributed by atoms with E-state index in [-0.39, 0.29) is 0 Å². The Balaban J connectivity index is 1.82. The summed E-state index contributed by atoms with van der Waals surface area (Å²) < 4.78 is 13.1. The molecule has 0 spiro atoms. The lowest BCUT2D eigenvalue weighted by molar-refractivity contribution is 0.413. The van der Waals surface area contributed by atoms with Crippen molar-refractivity contribution in [1.29, 1.82) is 0 Å². The summed E-state index contributed by atoms with van der Waals surface area (Å²) in [4.78, 5) is 9.83. The van der Waals surface area contributed by atoms with Crippen LogP contribution in [0.1, 0.15) is 11.1 Å². The first kappa shape index (κ1) is 22.5. The van der Waals surface area contributed by atoms with E-state index in [1.54, 1.807) is 14.2 Å². The number of hydrogen-bond donors (Lipinski definition) is 0. The number of pyridine rings is 2. The fraction of sp³-hybridized carbons (Fsp3) is 0.154. The highest BCUT2D eigenvalue weighted by molar-refractivity contribution is 9.11. The van der Waals surface area contributed by atoms with Gasteiger partial charge in [0.1, 0.15) is 11.5 Å². The van der Waals surface area contributed by atoms with Crippen LogP contribution in [0.4, 0.5) is 0 Å². The zero-order valence-electron chi connectivity index (χ0n) is 18.2. The van der Waals surface area contributed by atoms with Gasteiger partial charge in [0.05, 0.1) is 45.9 Å². The van der Waals surface area contributed by atoms with Gasteiger partial charge in [-0.2, -0.15) is 0 Å². The van der Waals surface area contributed by atoms with E-state index in [1.165, 1.54) is 0 Å². The first-order valence-corrected chi connectivity index (χ1v) is 11.6. The summed E-state index contributed by atoms with van der Waals surface area (Å²) in [5.41, 5.74) is 7.33. The molecule has 0 radical (unpaired) electrons. The maximum Gasteiger partial charge on any atom is 0.142 e. The molecular formula is C26H22Br2N2O2. The number of halogens is 2. The Labute approximate surface area is 204 Å². The summed E-state index contributed by atoms with van der Waals surface area (Å²) in [7, 11) is 3.34. The highest BCUT2D eigenvalue weighted by Gasteiger charge is 2.15. The Morgan fingerprint density at radius 2 is 0.969 bits per heavy atom. The molecule has 2 heterocycles. The Hall–Kier alpha value is -2.70. The largest absolute Gasteiger partial charge is 0.495 e. The van der Waals surface area contributed by atoms with Crippen LogP contribution in [-0.2, 0) is 0 Å². The smallest absolute Gasteiger partial charge is 0.142 e. The van der Waals surface area contributed by atoms with Crippen LogP contribution in [-0.4, -0.2) is 24.2 Å². The third-order valence-electron chi connectivity index (χ3n) is 5.10. The van der Waals surface area contributed by atoms with Crippen LogP contribution >= 0.6 is 31.9 Å². The van der Waals surface area contributed by atoms with Gasteiger partial charge in [-0.1, -0.05) is 12.1 Å². The molecule has 4 aromatic rings. The summed E-state index contributed by atoms with van der Waals surface area (Å²) in [5, 5.41) is 0. The van der Waals surface area contributed by atoms with E-state index < -0.39 is 0 Å². The average Bonchev–Trinajstić information content (AvgIpc) is 2.78. The zero-order valence-corrected chi connectivity index (χ0v) is 21.4. The molecule has 4 rings (SSSR count). The fourth-order valence-electron chi connectivity index (χ4n) is 3.71. The average molecular weight is 554 g/mol. The van der Waals surface area contributed by atoms with E-state index in [9.17, 15) is 0 Å². The lowest BCUT2D eigenvalue weighted by atomic mass is 10.0. The molecule has 6 heteroatoms. The molecule has 0 aliphatic rings. The third kappa shape index (κ3) is 4.43. The molecule has 0 saturated heterocycles. The normalized spacial score (nSPS) is 10.8. The molecule has 0 saturated carbocycles. The van der Waals surface area contributed by atoms with Gasteiger partial charge in [-0.3, -0.25) is 0 Å². The molecular weight excluding hydrogens is 532 g/mol. The zero-order chi connectivity index (χ0) is 22.8. The van der Waals surface area contributed by atoms with Crippen molar-refractivity contribution in [3.05, 3.63) is 80.7 Å². The topological polar surface area (TPSA) is 44.2 Å². The van der Waals surface area contributed by atoms with E-state index in [1.807, 2.05) is 48.5 Å². The van der Waals surface area contributed by atoms with E-state index in [0.29, 0.717) is 0 Å². The Kier molecular flexibility index (Phi) is 6.63. The van der Waals surface area contributed by atoms with Crippen molar-refractivity contribution in [3.63, 3.8) is 0 Å².